The molecular formula is C14H18N4O2. The summed E-state index contributed by atoms with van der Waals surface area (Å²) in [5.41, 5.74) is 6.84. The van der Waals surface area contributed by atoms with Crippen LogP contribution in [0, 0.1) is 0 Å². The lowest BCUT2D eigenvalue weighted by Gasteiger charge is -2.20. The van der Waals surface area contributed by atoms with Crippen LogP contribution in [0.5, 0.6) is 5.75 Å². The van der Waals surface area contributed by atoms with E-state index in [0.717, 1.165) is 11.4 Å². The molecule has 1 aromatic heterocycles. The van der Waals surface area contributed by atoms with Crippen molar-refractivity contribution < 1.29 is 9.90 Å². The molecular weight excluding hydrogens is 256 g/mol. The van der Waals surface area contributed by atoms with Crippen molar-refractivity contribution in [1.29, 1.82) is 0 Å². The number of carbonyl (C=O) groups is 1. The van der Waals surface area contributed by atoms with E-state index in [-0.39, 0.29) is 11.7 Å². The minimum atomic E-state index is -0.612. The molecule has 20 heavy (non-hydrogen) atoms. The van der Waals surface area contributed by atoms with Crippen LogP contribution in [0.3, 0.4) is 0 Å². The second-order valence-corrected chi connectivity index (χ2v) is 4.71. The number of hydrogen-bond donors (Lipinski definition) is 3. The maximum atomic E-state index is 12.2. The Balaban J connectivity index is 1.92. The van der Waals surface area contributed by atoms with Crippen LogP contribution in [0.4, 0.5) is 0 Å². The molecule has 0 saturated heterocycles. The third-order valence-electron chi connectivity index (χ3n) is 3.03. The third-order valence-corrected chi connectivity index (χ3v) is 3.03. The summed E-state index contributed by atoms with van der Waals surface area (Å²) in [5, 5.41) is 9.22. The summed E-state index contributed by atoms with van der Waals surface area (Å²) in [7, 11) is 1.70. The van der Waals surface area contributed by atoms with Gasteiger partial charge in [-0.05, 0) is 24.1 Å². The average molecular weight is 274 g/mol. The lowest BCUT2D eigenvalue weighted by atomic mass is 10.1. The summed E-state index contributed by atoms with van der Waals surface area (Å²) >= 11 is 0. The van der Waals surface area contributed by atoms with Gasteiger partial charge in [-0.1, -0.05) is 12.1 Å². The van der Waals surface area contributed by atoms with Crippen LogP contribution in [0.15, 0.2) is 36.7 Å². The third kappa shape index (κ3) is 3.58. The topological polar surface area (TPSA) is 95.2 Å². The van der Waals surface area contributed by atoms with Crippen molar-refractivity contribution in [2.75, 3.05) is 7.05 Å². The number of nitrogens with zero attached hydrogens (tertiary/aromatic N) is 2. The summed E-state index contributed by atoms with van der Waals surface area (Å²) in [5.74, 6) is 0.774. The number of aromatic nitrogens is 2. The molecule has 2 aromatic rings. The van der Waals surface area contributed by atoms with Gasteiger partial charge in [-0.2, -0.15) is 0 Å². The zero-order chi connectivity index (χ0) is 14.5. The first kappa shape index (κ1) is 14.1. The van der Waals surface area contributed by atoms with E-state index in [0.29, 0.717) is 13.0 Å². The second kappa shape index (κ2) is 6.21. The molecule has 0 radical (unpaired) electrons. The molecule has 1 atom stereocenters. The van der Waals surface area contributed by atoms with Crippen LogP contribution in [-0.4, -0.2) is 39.0 Å². The number of nitrogens with two attached hydrogens (primary N) is 1. The van der Waals surface area contributed by atoms with E-state index in [1.165, 1.54) is 0 Å². The minimum Gasteiger partial charge on any atom is -0.508 e. The number of rotatable bonds is 5. The van der Waals surface area contributed by atoms with Crippen LogP contribution < -0.4 is 5.73 Å². The number of aromatic hydroxyl groups is 1. The standard InChI is InChI=1S/C14H18N4O2/c1-18(9-13-16-6-7-17-13)14(20)12(15)8-10-2-4-11(19)5-3-10/h2-7,12,19H,8-9,15H2,1H3,(H,16,17)/t12-/m0/s1. The van der Waals surface area contributed by atoms with Gasteiger partial charge in [0.25, 0.3) is 0 Å². The van der Waals surface area contributed by atoms with Gasteiger partial charge in [0.05, 0.1) is 12.6 Å². The van der Waals surface area contributed by atoms with E-state index in [1.807, 2.05) is 0 Å². The average Bonchev–Trinajstić information content (AvgIpc) is 2.93. The maximum absolute atomic E-state index is 12.2. The van der Waals surface area contributed by atoms with Gasteiger partial charge in [0, 0.05) is 19.4 Å². The van der Waals surface area contributed by atoms with Gasteiger partial charge >= 0.3 is 0 Å². The van der Waals surface area contributed by atoms with E-state index in [1.54, 1.807) is 48.6 Å². The predicted molar refractivity (Wildman–Crippen MR) is 74.8 cm³/mol. The molecule has 106 valence electrons. The summed E-state index contributed by atoms with van der Waals surface area (Å²) in [6.45, 7) is 0.398. The summed E-state index contributed by atoms with van der Waals surface area (Å²) in [6.07, 6.45) is 3.79. The molecule has 0 aliphatic rings. The van der Waals surface area contributed by atoms with Crippen LogP contribution >= 0.6 is 0 Å². The highest BCUT2D eigenvalue weighted by atomic mass is 16.3. The molecule has 0 unspecified atom stereocenters. The van der Waals surface area contributed by atoms with E-state index >= 15 is 0 Å². The van der Waals surface area contributed by atoms with Crippen molar-refractivity contribution in [3.05, 3.63) is 48.0 Å². The van der Waals surface area contributed by atoms with E-state index in [2.05, 4.69) is 9.97 Å². The molecule has 0 saturated carbocycles. The van der Waals surface area contributed by atoms with Crippen molar-refractivity contribution in [2.24, 2.45) is 5.73 Å². The number of hydrogen-bond acceptors (Lipinski definition) is 4. The monoisotopic (exact) mass is 274 g/mol. The largest absolute Gasteiger partial charge is 0.508 e. The molecule has 6 heteroatoms. The van der Waals surface area contributed by atoms with Crippen molar-refractivity contribution in [1.82, 2.24) is 14.9 Å². The maximum Gasteiger partial charge on any atom is 0.239 e. The Kier molecular flexibility index (Phi) is 4.37. The van der Waals surface area contributed by atoms with Gasteiger partial charge in [0.2, 0.25) is 5.91 Å². The molecule has 4 N–H and O–H groups in total. The molecule has 1 amide bonds. The first-order valence-electron chi connectivity index (χ1n) is 6.33. The number of aromatic amines is 1. The molecule has 0 spiro atoms. The van der Waals surface area contributed by atoms with Gasteiger partial charge in [-0.15, -0.1) is 0 Å². The number of nitrogens with one attached hydrogen (secondary N) is 1. The van der Waals surface area contributed by atoms with E-state index in [9.17, 15) is 9.90 Å². The molecule has 0 aliphatic carbocycles. The van der Waals surface area contributed by atoms with E-state index in [4.69, 9.17) is 5.73 Å². The lowest BCUT2D eigenvalue weighted by Crippen LogP contribution is -2.42. The molecule has 0 aliphatic heterocycles. The molecule has 0 bridgehead atoms. The van der Waals surface area contributed by atoms with Crippen molar-refractivity contribution >= 4 is 5.91 Å². The zero-order valence-corrected chi connectivity index (χ0v) is 11.3. The van der Waals surface area contributed by atoms with E-state index < -0.39 is 6.04 Å². The zero-order valence-electron chi connectivity index (χ0n) is 11.3. The first-order valence-corrected chi connectivity index (χ1v) is 6.33. The smallest absolute Gasteiger partial charge is 0.239 e. The number of phenolic OH excluding ortho intramolecular Hbond substituents is 1. The summed E-state index contributed by atoms with van der Waals surface area (Å²) in [6, 6.07) is 6.07. The Morgan fingerprint density at radius 1 is 1.45 bits per heavy atom. The fourth-order valence-corrected chi connectivity index (χ4v) is 1.94. The highest BCUT2D eigenvalue weighted by Gasteiger charge is 2.19. The van der Waals surface area contributed by atoms with Crippen molar-refractivity contribution in [3.8, 4) is 5.75 Å². The Bertz CT molecular complexity index is 551. The quantitative estimate of drug-likeness (QED) is 0.745. The number of benzene rings is 1. The van der Waals surface area contributed by atoms with Gasteiger partial charge in [-0.25, -0.2) is 4.98 Å². The second-order valence-electron chi connectivity index (χ2n) is 4.71. The van der Waals surface area contributed by atoms with Gasteiger partial charge in [0.1, 0.15) is 11.6 Å². The van der Waals surface area contributed by atoms with Crippen LogP contribution in [0.25, 0.3) is 0 Å². The molecule has 0 fully saturated rings. The highest BCUT2D eigenvalue weighted by Crippen LogP contribution is 2.11. The number of amides is 1. The minimum absolute atomic E-state index is 0.144. The number of likely N-dealkylation sites (N-methyl/N-ethyl adjacent to an activating group) is 1. The van der Waals surface area contributed by atoms with Crippen LogP contribution in [0.1, 0.15) is 11.4 Å². The Morgan fingerprint density at radius 3 is 2.75 bits per heavy atom. The van der Waals surface area contributed by atoms with Gasteiger partial charge in [0.15, 0.2) is 0 Å². The molecule has 2 rings (SSSR count). The molecule has 1 heterocycles. The van der Waals surface area contributed by atoms with Gasteiger partial charge in [-0.3, -0.25) is 4.79 Å². The normalized spacial score (nSPS) is 12.1. The fraction of sp³-hybridized carbons (Fsp3) is 0.286. The first-order chi connectivity index (χ1) is 9.56. The molecule has 6 nitrogen and oxygen atoms in total. The van der Waals surface area contributed by atoms with Crippen molar-refractivity contribution in [2.45, 2.75) is 19.0 Å². The number of imidazole rings is 1. The summed E-state index contributed by atoms with van der Waals surface area (Å²) < 4.78 is 0. The highest BCUT2D eigenvalue weighted by molar-refractivity contribution is 5.81. The number of H-pyrrole nitrogens is 1. The fourth-order valence-electron chi connectivity index (χ4n) is 1.94. The van der Waals surface area contributed by atoms with Gasteiger partial charge < -0.3 is 20.7 Å². The van der Waals surface area contributed by atoms with Crippen LogP contribution in [0.2, 0.25) is 0 Å². The Morgan fingerprint density at radius 2 is 2.15 bits per heavy atom. The lowest BCUT2D eigenvalue weighted by molar-refractivity contribution is -0.131. The van der Waals surface area contributed by atoms with Crippen LogP contribution in [-0.2, 0) is 17.8 Å². The SMILES string of the molecule is CN(Cc1ncc[nH]1)C(=O)[C@@H](N)Cc1ccc(O)cc1. The molecule has 1 aromatic carbocycles. The van der Waals surface area contributed by atoms with Crippen molar-refractivity contribution in [3.63, 3.8) is 0 Å². The Labute approximate surface area is 117 Å². The number of phenols is 1. The summed E-state index contributed by atoms with van der Waals surface area (Å²) in [4.78, 5) is 20.7. The Hall–Kier alpha value is -2.34. The predicted octanol–water partition coefficient (Wildman–Crippen LogP) is 0.644. The number of carbonyl (C=O) groups excluding carboxylic acids is 1.